The van der Waals surface area contributed by atoms with Crippen molar-refractivity contribution in [3.63, 3.8) is 0 Å². The number of fused-ring (bicyclic) bond motifs is 1. The molecule has 2 aromatic heterocycles. The van der Waals surface area contributed by atoms with Crippen LogP contribution in [-0.4, -0.2) is 37.0 Å². The number of hydrogen-bond donors (Lipinski definition) is 1. The maximum Gasteiger partial charge on any atom is 0.343 e. The van der Waals surface area contributed by atoms with E-state index in [4.69, 9.17) is 27.9 Å². The minimum atomic E-state index is -0.581. The van der Waals surface area contributed by atoms with Gasteiger partial charge in [-0.05, 0) is 30.7 Å². The van der Waals surface area contributed by atoms with Gasteiger partial charge in [0, 0.05) is 11.6 Å². The topological polar surface area (TPSA) is 82.2 Å². The van der Waals surface area contributed by atoms with Gasteiger partial charge in [0.25, 0.3) is 0 Å². The summed E-state index contributed by atoms with van der Waals surface area (Å²) in [4.78, 5) is 17.3. The van der Waals surface area contributed by atoms with Gasteiger partial charge >= 0.3 is 5.97 Å². The lowest BCUT2D eigenvalue weighted by Crippen LogP contribution is -2.12. The molecule has 0 bridgehead atoms. The van der Waals surface area contributed by atoms with E-state index in [1.54, 1.807) is 34.4 Å². The number of carbonyl (C=O) groups is 1. The minimum absolute atomic E-state index is 0.0786. The third-order valence-corrected chi connectivity index (χ3v) is 5.51. The first-order chi connectivity index (χ1) is 15.0. The number of benzene rings is 2. The summed E-state index contributed by atoms with van der Waals surface area (Å²) in [6.07, 6.45) is 0. The highest BCUT2D eigenvalue weighted by Crippen LogP contribution is 2.24. The Balaban J connectivity index is 1.55. The SMILES string of the molecule is Cc1nn(Cc2ccccc2)c(Cl)c1C(=O)OCc1nc2ccc(Cl)cc2n1CCO. The summed E-state index contributed by atoms with van der Waals surface area (Å²) in [6.45, 7) is 2.30. The normalized spacial score (nSPS) is 11.2. The first-order valence-electron chi connectivity index (χ1n) is 9.67. The number of hydrogen-bond acceptors (Lipinski definition) is 5. The van der Waals surface area contributed by atoms with Gasteiger partial charge in [0.2, 0.25) is 0 Å². The van der Waals surface area contributed by atoms with Crippen molar-refractivity contribution in [1.82, 2.24) is 19.3 Å². The van der Waals surface area contributed by atoms with Crippen LogP contribution < -0.4 is 0 Å². The Morgan fingerprint density at radius 2 is 1.94 bits per heavy atom. The number of aliphatic hydroxyl groups is 1. The number of nitrogens with zero attached hydrogens (tertiary/aromatic N) is 4. The second-order valence-electron chi connectivity index (χ2n) is 7.01. The molecule has 0 spiro atoms. The summed E-state index contributed by atoms with van der Waals surface area (Å²) >= 11 is 12.5. The fourth-order valence-corrected chi connectivity index (χ4v) is 3.93. The van der Waals surface area contributed by atoms with Crippen LogP contribution in [0.4, 0.5) is 0 Å². The maximum absolute atomic E-state index is 12.8. The summed E-state index contributed by atoms with van der Waals surface area (Å²) in [5.41, 5.74) is 3.20. The quantitative estimate of drug-likeness (QED) is 0.418. The summed E-state index contributed by atoms with van der Waals surface area (Å²) < 4.78 is 8.87. The number of aromatic nitrogens is 4. The van der Waals surface area contributed by atoms with Gasteiger partial charge in [0.15, 0.2) is 0 Å². The van der Waals surface area contributed by atoms with Gasteiger partial charge in [0.05, 0.1) is 29.9 Å². The van der Waals surface area contributed by atoms with E-state index in [1.807, 2.05) is 30.3 Å². The highest BCUT2D eigenvalue weighted by atomic mass is 35.5. The predicted octanol–water partition coefficient (Wildman–Crippen LogP) is 4.25. The number of aliphatic hydroxyl groups excluding tert-OH is 1. The van der Waals surface area contributed by atoms with Crippen molar-refractivity contribution in [1.29, 1.82) is 0 Å². The Bertz CT molecular complexity index is 1230. The number of esters is 1. The van der Waals surface area contributed by atoms with Crippen LogP contribution in [-0.2, 0) is 24.4 Å². The van der Waals surface area contributed by atoms with E-state index in [0.29, 0.717) is 35.1 Å². The summed E-state index contributed by atoms with van der Waals surface area (Å²) in [5, 5.41) is 14.6. The highest BCUT2D eigenvalue weighted by molar-refractivity contribution is 6.32. The zero-order chi connectivity index (χ0) is 22.0. The lowest BCUT2D eigenvalue weighted by atomic mass is 10.2. The number of ether oxygens (including phenoxy) is 1. The van der Waals surface area contributed by atoms with Gasteiger partial charge in [-0.15, -0.1) is 0 Å². The monoisotopic (exact) mass is 458 g/mol. The fraction of sp³-hybridized carbons (Fsp3) is 0.227. The van der Waals surface area contributed by atoms with Crippen LogP contribution in [0.5, 0.6) is 0 Å². The van der Waals surface area contributed by atoms with Crippen molar-refractivity contribution in [2.75, 3.05) is 6.61 Å². The number of carbonyl (C=O) groups excluding carboxylic acids is 1. The van der Waals surface area contributed by atoms with Gasteiger partial charge in [-0.25, -0.2) is 14.5 Å². The molecule has 0 saturated heterocycles. The molecule has 0 amide bonds. The molecule has 9 heteroatoms. The molecule has 4 rings (SSSR count). The van der Waals surface area contributed by atoms with Crippen molar-refractivity contribution in [2.24, 2.45) is 0 Å². The van der Waals surface area contributed by atoms with E-state index in [9.17, 15) is 9.90 Å². The first kappa shape index (κ1) is 21.4. The van der Waals surface area contributed by atoms with Crippen molar-refractivity contribution >= 4 is 40.2 Å². The van der Waals surface area contributed by atoms with Crippen LogP contribution in [0.3, 0.4) is 0 Å². The van der Waals surface area contributed by atoms with Gasteiger partial charge < -0.3 is 14.4 Å². The van der Waals surface area contributed by atoms with Crippen LogP contribution in [0, 0.1) is 6.92 Å². The fourth-order valence-electron chi connectivity index (χ4n) is 3.45. The van der Waals surface area contributed by atoms with Crippen molar-refractivity contribution in [3.05, 3.63) is 81.4 Å². The van der Waals surface area contributed by atoms with Crippen molar-refractivity contribution in [3.8, 4) is 0 Å². The average molecular weight is 459 g/mol. The van der Waals surface area contributed by atoms with E-state index in [2.05, 4.69) is 10.1 Å². The Morgan fingerprint density at radius 3 is 2.68 bits per heavy atom. The number of aryl methyl sites for hydroxylation is 1. The second kappa shape index (κ2) is 9.09. The Hall–Kier alpha value is -2.87. The third kappa shape index (κ3) is 4.44. The Kier molecular flexibility index (Phi) is 6.27. The van der Waals surface area contributed by atoms with E-state index in [0.717, 1.165) is 11.1 Å². The molecule has 4 aromatic rings. The van der Waals surface area contributed by atoms with E-state index in [1.165, 1.54) is 0 Å². The molecule has 0 fully saturated rings. The zero-order valence-corrected chi connectivity index (χ0v) is 18.3. The zero-order valence-electron chi connectivity index (χ0n) is 16.8. The molecule has 2 aromatic carbocycles. The maximum atomic E-state index is 12.8. The number of imidazole rings is 1. The standard InChI is InChI=1S/C22H20Cl2N4O3/c1-14-20(21(24)28(26-14)12-15-5-3-2-4-6-15)22(30)31-13-19-25-17-8-7-16(23)11-18(17)27(19)9-10-29/h2-8,11,29H,9-10,12-13H2,1H3. The van der Waals surface area contributed by atoms with Crippen LogP contribution in [0.2, 0.25) is 10.2 Å². The van der Waals surface area contributed by atoms with Crippen molar-refractivity contribution < 1.29 is 14.6 Å². The number of rotatable bonds is 7. The van der Waals surface area contributed by atoms with E-state index in [-0.39, 0.29) is 23.9 Å². The molecule has 0 saturated carbocycles. The van der Waals surface area contributed by atoms with Gasteiger partial charge in [-0.1, -0.05) is 53.5 Å². The molecule has 0 aliphatic carbocycles. The van der Waals surface area contributed by atoms with Crippen LogP contribution in [0.1, 0.15) is 27.4 Å². The van der Waals surface area contributed by atoms with Gasteiger partial charge in [-0.3, -0.25) is 0 Å². The molecule has 0 radical (unpaired) electrons. The molecule has 7 nitrogen and oxygen atoms in total. The molecule has 31 heavy (non-hydrogen) atoms. The lowest BCUT2D eigenvalue weighted by Gasteiger charge is -2.08. The molecule has 1 N–H and O–H groups in total. The number of halogens is 2. The van der Waals surface area contributed by atoms with Crippen LogP contribution in [0.25, 0.3) is 11.0 Å². The first-order valence-corrected chi connectivity index (χ1v) is 10.4. The smallest absolute Gasteiger partial charge is 0.343 e. The molecule has 160 valence electrons. The molecule has 0 aliphatic heterocycles. The largest absolute Gasteiger partial charge is 0.454 e. The summed E-state index contributed by atoms with van der Waals surface area (Å²) in [7, 11) is 0. The predicted molar refractivity (Wildman–Crippen MR) is 118 cm³/mol. The molecular formula is C22H20Cl2N4O3. The molecule has 0 unspecified atom stereocenters. The van der Waals surface area contributed by atoms with Crippen LogP contribution >= 0.6 is 23.2 Å². The molecule has 2 heterocycles. The van der Waals surface area contributed by atoms with E-state index < -0.39 is 5.97 Å². The Labute approximate surface area is 188 Å². The Morgan fingerprint density at radius 1 is 1.16 bits per heavy atom. The van der Waals surface area contributed by atoms with E-state index >= 15 is 0 Å². The molecule has 0 aliphatic rings. The average Bonchev–Trinajstić information content (AvgIpc) is 3.23. The summed E-state index contributed by atoms with van der Waals surface area (Å²) in [5.74, 6) is -0.0763. The second-order valence-corrected chi connectivity index (χ2v) is 7.80. The third-order valence-electron chi connectivity index (χ3n) is 4.89. The molecular weight excluding hydrogens is 439 g/mol. The highest BCUT2D eigenvalue weighted by Gasteiger charge is 2.23. The van der Waals surface area contributed by atoms with Crippen LogP contribution in [0.15, 0.2) is 48.5 Å². The summed E-state index contributed by atoms with van der Waals surface area (Å²) in [6, 6.07) is 15.0. The van der Waals surface area contributed by atoms with Gasteiger partial charge in [-0.2, -0.15) is 5.10 Å². The van der Waals surface area contributed by atoms with Crippen molar-refractivity contribution in [2.45, 2.75) is 26.6 Å². The lowest BCUT2D eigenvalue weighted by molar-refractivity contribution is 0.0457. The van der Waals surface area contributed by atoms with Gasteiger partial charge in [0.1, 0.15) is 23.1 Å². The minimum Gasteiger partial charge on any atom is -0.454 e. The molecule has 0 atom stereocenters.